The van der Waals surface area contributed by atoms with Crippen LogP contribution in [0.15, 0.2) is 12.3 Å². The molecule has 2 heterocycles. The van der Waals surface area contributed by atoms with Gasteiger partial charge in [0, 0.05) is 32.4 Å². The first-order chi connectivity index (χ1) is 10.1. The summed E-state index contributed by atoms with van der Waals surface area (Å²) in [6.07, 6.45) is 5.62. The number of nitrogens with one attached hydrogen (secondary N) is 1. The lowest BCUT2D eigenvalue weighted by Gasteiger charge is -2.27. The molecule has 0 bridgehead atoms. The van der Waals surface area contributed by atoms with Crippen molar-refractivity contribution in [1.29, 1.82) is 0 Å². The van der Waals surface area contributed by atoms with Crippen LogP contribution >= 0.6 is 11.6 Å². The number of likely N-dealkylation sites (tertiary alicyclic amines) is 1. The van der Waals surface area contributed by atoms with Gasteiger partial charge in [-0.25, -0.2) is 4.98 Å². The molecule has 0 aromatic carbocycles. The van der Waals surface area contributed by atoms with Gasteiger partial charge in [0.2, 0.25) is 0 Å². The molecule has 0 amide bonds. The van der Waals surface area contributed by atoms with E-state index in [1.54, 1.807) is 0 Å². The summed E-state index contributed by atoms with van der Waals surface area (Å²) in [5, 5.41) is 4.12. The lowest BCUT2D eigenvalue weighted by molar-refractivity contribution is 0.314. The van der Waals surface area contributed by atoms with Crippen molar-refractivity contribution in [2.75, 3.05) is 38.6 Å². The van der Waals surface area contributed by atoms with E-state index in [9.17, 15) is 0 Å². The van der Waals surface area contributed by atoms with E-state index in [0.717, 1.165) is 42.5 Å². The van der Waals surface area contributed by atoms with E-state index >= 15 is 0 Å². The summed E-state index contributed by atoms with van der Waals surface area (Å²) in [6.45, 7) is 6.19. The van der Waals surface area contributed by atoms with E-state index in [-0.39, 0.29) is 0 Å². The van der Waals surface area contributed by atoms with E-state index in [0.29, 0.717) is 6.04 Å². The minimum atomic E-state index is 0.610. The van der Waals surface area contributed by atoms with Gasteiger partial charge >= 0.3 is 0 Å². The van der Waals surface area contributed by atoms with Crippen LogP contribution in [0.3, 0.4) is 0 Å². The number of nitrogens with zero attached hydrogens (tertiary/aromatic N) is 3. The molecule has 1 aliphatic rings. The monoisotopic (exact) mass is 310 g/mol. The van der Waals surface area contributed by atoms with Gasteiger partial charge in [0.15, 0.2) is 0 Å². The Labute approximate surface area is 133 Å². The first-order valence-corrected chi connectivity index (χ1v) is 8.26. The Morgan fingerprint density at radius 1 is 1.52 bits per heavy atom. The van der Waals surface area contributed by atoms with Crippen LogP contribution in [0.4, 0.5) is 5.82 Å². The highest BCUT2D eigenvalue weighted by Gasteiger charge is 2.23. The molecule has 0 saturated carbocycles. The molecule has 2 rings (SSSR count). The maximum absolute atomic E-state index is 6.41. The largest absolute Gasteiger partial charge is 0.357 e. The van der Waals surface area contributed by atoms with Gasteiger partial charge in [-0.2, -0.15) is 0 Å². The van der Waals surface area contributed by atoms with Crippen molar-refractivity contribution in [3.63, 3.8) is 0 Å². The summed E-state index contributed by atoms with van der Waals surface area (Å²) in [5.41, 5.74) is 1.14. The van der Waals surface area contributed by atoms with Crippen LogP contribution in [0, 0.1) is 0 Å². The molecular weight excluding hydrogens is 284 g/mol. The van der Waals surface area contributed by atoms with E-state index in [1.165, 1.54) is 19.4 Å². The number of aromatic nitrogens is 1. The molecule has 0 aliphatic carbocycles. The number of pyridine rings is 1. The Morgan fingerprint density at radius 3 is 2.95 bits per heavy atom. The number of anilines is 1. The maximum Gasteiger partial charge on any atom is 0.147 e. The van der Waals surface area contributed by atoms with Crippen LogP contribution in [-0.2, 0) is 6.54 Å². The zero-order valence-electron chi connectivity index (χ0n) is 13.4. The highest BCUT2D eigenvalue weighted by Crippen LogP contribution is 2.25. The van der Waals surface area contributed by atoms with E-state index in [1.807, 2.05) is 12.3 Å². The normalized spacial score (nSPS) is 19.1. The van der Waals surface area contributed by atoms with E-state index < -0.39 is 0 Å². The molecule has 0 spiro atoms. The number of hydrogen-bond donors (Lipinski definition) is 1. The van der Waals surface area contributed by atoms with E-state index in [4.69, 9.17) is 11.6 Å². The Bertz CT molecular complexity index is 452. The van der Waals surface area contributed by atoms with Crippen molar-refractivity contribution in [3.05, 3.63) is 22.8 Å². The fourth-order valence-electron chi connectivity index (χ4n) is 2.87. The maximum atomic E-state index is 6.41. The predicted molar refractivity (Wildman–Crippen MR) is 90.2 cm³/mol. The first-order valence-electron chi connectivity index (χ1n) is 7.88. The van der Waals surface area contributed by atoms with Gasteiger partial charge in [0.25, 0.3) is 0 Å². The van der Waals surface area contributed by atoms with Crippen molar-refractivity contribution >= 4 is 17.4 Å². The molecule has 5 heteroatoms. The van der Waals surface area contributed by atoms with Gasteiger partial charge in [-0.15, -0.1) is 0 Å². The topological polar surface area (TPSA) is 31.4 Å². The molecule has 4 nitrogen and oxygen atoms in total. The van der Waals surface area contributed by atoms with Gasteiger partial charge in [-0.1, -0.05) is 18.5 Å². The lowest BCUT2D eigenvalue weighted by Crippen LogP contribution is -2.37. The molecule has 1 fully saturated rings. The molecule has 1 aromatic rings. The SMILES string of the molecule is CCCNCc1cnc(N(C)CC2CCCN2C)c(Cl)c1. The molecule has 118 valence electrons. The minimum absolute atomic E-state index is 0.610. The van der Waals surface area contributed by atoms with Crippen LogP contribution in [0.1, 0.15) is 31.7 Å². The lowest BCUT2D eigenvalue weighted by atomic mass is 10.2. The summed E-state index contributed by atoms with van der Waals surface area (Å²) < 4.78 is 0. The summed E-state index contributed by atoms with van der Waals surface area (Å²) in [5.74, 6) is 0.885. The van der Waals surface area contributed by atoms with Crippen LogP contribution in [-0.4, -0.2) is 49.7 Å². The molecule has 1 unspecified atom stereocenters. The van der Waals surface area contributed by atoms with Crippen molar-refractivity contribution < 1.29 is 0 Å². The van der Waals surface area contributed by atoms with Crippen LogP contribution in [0.5, 0.6) is 0 Å². The molecule has 0 radical (unpaired) electrons. The summed E-state index contributed by atoms with van der Waals surface area (Å²) >= 11 is 6.41. The predicted octanol–water partition coefficient (Wildman–Crippen LogP) is 2.77. The molecule has 1 aliphatic heterocycles. The molecule has 1 atom stereocenters. The molecule has 1 saturated heterocycles. The Hall–Kier alpha value is -0.840. The number of rotatable bonds is 7. The molecule has 21 heavy (non-hydrogen) atoms. The third-order valence-corrected chi connectivity index (χ3v) is 4.43. The standard InChI is InChI=1S/C16H27ClN4/c1-4-7-18-10-13-9-15(17)16(19-11-13)21(3)12-14-6-5-8-20(14)2/h9,11,14,18H,4-8,10,12H2,1-3H3. The second-order valence-corrected chi connectivity index (χ2v) is 6.39. The number of likely N-dealkylation sites (N-methyl/N-ethyl adjacent to an activating group) is 2. The second-order valence-electron chi connectivity index (χ2n) is 5.98. The summed E-state index contributed by atoms with van der Waals surface area (Å²) in [6, 6.07) is 2.64. The summed E-state index contributed by atoms with van der Waals surface area (Å²) in [7, 11) is 4.28. The third-order valence-electron chi connectivity index (χ3n) is 4.15. The Balaban J connectivity index is 1.95. The van der Waals surface area contributed by atoms with Crippen molar-refractivity contribution in [2.45, 2.75) is 38.8 Å². The summed E-state index contributed by atoms with van der Waals surface area (Å²) in [4.78, 5) is 9.16. The van der Waals surface area contributed by atoms with Crippen molar-refractivity contribution in [1.82, 2.24) is 15.2 Å². The minimum Gasteiger partial charge on any atom is -0.357 e. The zero-order chi connectivity index (χ0) is 15.2. The van der Waals surface area contributed by atoms with Crippen LogP contribution in [0.2, 0.25) is 5.02 Å². The van der Waals surface area contributed by atoms with Gasteiger partial charge in [0.05, 0.1) is 5.02 Å². The third kappa shape index (κ3) is 4.56. The fraction of sp³-hybridized carbons (Fsp3) is 0.688. The zero-order valence-corrected chi connectivity index (χ0v) is 14.2. The average Bonchev–Trinajstić information content (AvgIpc) is 2.84. The number of hydrogen-bond acceptors (Lipinski definition) is 4. The molecule has 1 aromatic heterocycles. The van der Waals surface area contributed by atoms with Crippen LogP contribution in [0.25, 0.3) is 0 Å². The Kier molecular flexibility index (Phi) is 6.27. The quantitative estimate of drug-likeness (QED) is 0.785. The van der Waals surface area contributed by atoms with Gasteiger partial charge in [0.1, 0.15) is 5.82 Å². The molecular formula is C16H27ClN4. The first kappa shape index (κ1) is 16.5. The average molecular weight is 311 g/mol. The highest BCUT2D eigenvalue weighted by molar-refractivity contribution is 6.33. The van der Waals surface area contributed by atoms with Crippen molar-refractivity contribution in [2.24, 2.45) is 0 Å². The number of halogens is 1. The van der Waals surface area contributed by atoms with Crippen LogP contribution < -0.4 is 10.2 Å². The van der Waals surface area contributed by atoms with Crippen molar-refractivity contribution in [3.8, 4) is 0 Å². The highest BCUT2D eigenvalue weighted by atomic mass is 35.5. The fourth-order valence-corrected chi connectivity index (χ4v) is 3.20. The van der Waals surface area contributed by atoms with E-state index in [2.05, 4.69) is 41.1 Å². The second kappa shape index (κ2) is 7.97. The molecule has 1 N–H and O–H groups in total. The smallest absolute Gasteiger partial charge is 0.147 e. The van der Waals surface area contributed by atoms with Gasteiger partial charge in [-0.3, -0.25) is 0 Å². The van der Waals surface area contributed by atoms with Gasteiger partial charge in [-0.05, 0) is 51.0 Å². The Morgan fingerprint density at radius 2 is 2.33 bits per heavy atom. The van der Waals surface area contributed by atoms with Gasteiger partial charge < -0.3 is 15.1 Å².